The van der Waals surface area contributed by atoms with Crippen molar-refractivity contribution in [1.82, 2.24) is 25.1 Å². The monoisotopic (exact) mass is 329 g/mol. The third-order valence-corrected chi connectivity index (χ3v) is 4.01. The first kappa shape index (κ1) is 15.5. The van der Waals surface area contributed by atoms with E-state index in [1.54, 1.807) is 0 Å². The average Bonchev–Trinajstić information content (AvgIpc) is 3.11. The molecule has 1 amide bonds. The first-order valence-electron chi connectivity index (χ1n) is 7.57. The molecule has 2 aromatic heterocycles. The maximum atomic E-state index is 12.2. The van der Waals surface area contributed by atoms with Crippen LogP contribution >= 0.6 is 12.2 Å². The van der Waals surface area contributed by atoms with E-state index in [0.717, 1.165) is 16.7 Å². The Hall–Kier alpha value is -2.41. The molecule has 0 unspecified atom stereocenters. The number of carbonyl (C=O) groups excluding carboxylic acids is 1. The van der Waals surface area contributed by atoms with Crippen LogP contribution in [0.4, 0.5) is 0 Å². The van der Waals surface area contributed by atoms with Gasteiger partial charge in [-0.3, -0.25) is 9.89 Å². The molecule has 3 rings (SSSR count). The number of aromatic amines is 2. The number of rotatable bonds is 5. The van der Waals surface area contributed by atoms with Gasteiger partial charge in [-0.25, -0.2) is 0 Å². The smallest absolute Gasteiger partial charge is 0.267 e. The number of benzene rings is 1. The van der Waals surface area contributed by atoms with Crippen LogP contribution in [0.1, 0.15) is 36.1 Å². The van der Waals surface area contributed by atoms with E-state index in [0.29, 0.717) is 23.6 Å². The normalized spacial score (nSPS) is 11.3. The van der Waals surface area contributed by atoms with Gasteiger partial charge in [0.25, 0.3) is 5.91 Å². The lowest BCUT2D eigenvalue weighted by atomic mass is 10.2. The van der Waals surface area contributed by atoms with Crippen LogP contribution < -0.4 is 5.32 Å². The van der Waals surface area contributed by atoms with Gasteiger partial charge in [-0.05, 0) is 24.4 Å². The van der Waals surface area contributed by atoms with Crippen LogP contribution in [0.2, 0.25) is 0 Å². The maximum absolute atomic E-state index is 12.2. The molecule has 0 saturated carbocycles. The number of H-pyrrole nitrogens is 2. The minimum Gasteiger partial charge on any atom is -0.351 e. The van der Waals surface area contributed by atoms with Gasteiger partial charge in [0.05, 0.1) is 0 Å². The maximum Gasteiger partial charge on any atom is 0.267 e. The Morgan fingerprint density at radius 1 is 1.39 bits per heavy atom. The summed E-state index contributed by atoms with van der Waals surface area (Å²) in [5.74, 6) is 1.05. The number of nitrogens with zero attached hydrogens (tertiary/aromatic N) is 2. The predicted molar refractivity (Wildman–Crippen MR) is 92.1 cm³/mol. The molecular weight excluding hydrogens is 310 g/mol. The first-order valence-corrected chi connectivity index (χ1v) is 7.98. The lowest BCUT2D eigenvalue weighted by molar-refractivity contribution is 0.0948. The van der Waals surface area contributed by atoms with Gasteiger partial charge in [-0.2, -0.15) is 5.10 Å². The third kappa shape index (κ3) is 3.19. The standard InChI is InChI=1S/C16H19N5OS/c1-10(2)14-19-20-16(23)21(14)8-7-17-15(22)13-9-11-5-3-4-6-12(11)18-13/h3-6,9-10,18H,7-8H2,1-2H3,(H,17,22)(H,20,23). The number of hydrogen-bond donors (Lipinski definition) is 3. The molecule has 0 aliphatic carbocycles. The molecule has 0 radical (unpaired) electrons. The number of nitrogens with one attached hydrogen (secondary N) is 3. The summed E-state index contributed by atoms with van der Waals surface area (Å²) in [7, 11) is 0. The summed E-state index contributed by atoms with van der Waals surface area (Å²) in [6.45, 7) is 5.20. The summed E-state index contributed by atoms with van der Waals surface area (Å²) >= 11 is 5.23. The molecule has 0 aliphatic heterocycles. The summed E-state index contributed by atoms with van der Waals surface area (Å²) in [4.78, 5) is 15.4. The minimum absolute atomic E-state index is 0.123. The molecule has 120 valence electrons. The Morgan fingerprint density at radius 2 is 2.17 bits per heavy atom. The molecule has 1 aromatic carbocycles. The Balaban J connectivity index is 1.66. The van der Waals surface area contributed by atoms with Gasteiger partial charge in [0.1, 0.15) is 11.5 Å². The molecule has 0 fully saturated rings. The van der Waals surface area contributed by atoms with Gasteiger partial charge >= 0.3 is 0 Å². The van der Waals surface area contributed by atoms with Crippen molar-refractivity contribution in [3.8, 4) is 0 Å². The second-order valence-corrected chi connectivity index (χ2v) is 6.11. The first-order chi connectivity index (χ1) is 11.1. The predicted octanol–water partition coefficient (Wildman–Crippen LogP) is 2.98. The Kier molecular flexibility index (Phi) is 4.29. The molecular formula is C16H19N5OS. The summed E-state index contributed by atoms with van der Waals surface area (Å²) < 4.78 is 2.50. The van der Waals surface area contributed by atoms with Crippen molar-refractivity contribution in [3.63, 3.8) is 0 Å². The fourth-order valence-corrected chi connectivity index (χ4v) is 2.79. The van der Waals surface area contributed by atoms with E-state index in [2.05, 4.69) is 34.3 Å². The molecule has 0 spiro atoms. The molecule has 7 heteroatoms. The topological polar surface area (TPSA) is 78.5 Å². The van der Waals surface area contributed by atoms with Crippen molar-refractivity contribution in [2.75, 3.05) is 6.54 Å². The van der Waals surface area contributed by atoms with E-state index in [4.69, 9.17) is 12.2 Å². The fourth-order valence-electron chi connectivity index (χ4n) is 2.56. The highest BCUT2D eigenvalue weighted by Gasteiger charge is 2.11. The Labute approximate surface area is 138 Å². The molecule has 6 nitrogen and oxygen atoms in total. The molecule has 23 heavy (non-hydrogen) atoms. The quantitative estimate of drug-likeness (QED) is 0.630. The molecule has 0 bridgehead atoms. The second kappa shape index (κ2) is 6.37. The Bertz CT molecular complexity index is 856. The van der Waals surface area contributed by atoms with E-state index >= 15 is 0 Å². The second-order valence-electron chi connectivity index (χ2n) is 5.72. The Morgan fingerprint density at radius 3 is 2.91 bits per heavy atom. The summed E-state index contributed by atoms with van der Waals surface area (Å²) in [6.07, 6.45) is 0. The molecule has 2 heterocycles. The third-order valence-electron chi connectivity index (χ3n) is 3.70. The van der Waals surface area contributed by atoms with Crippen molar-refractivity contribution in [2.24, 2.45) is 0 Å². The van der Waals surface area contributed by atoms with Crippen molar-refractivity contribution in [3.05, 3.63) is 46.6 Å². The molecule has 0 aliphatic rings. The van der Waals surface area contributed by atoms with Gasteiger partial charge in [0.15, 0.2) is 4.77 Å². The summed E-state index contributed by atoms with van der Waals surface area (Å²) in [5.41, 5.74) is 1.52. The van der Waals surface area contributed by atoms with Crippen molar-refractivity contribution in [2.45, 2.75) is 26.3 Å². The number of hydrogen-bond acceptors (Lipinski definition) is 3. The highest BCUT2D eigenvalue weighted by Crippen LogP contribution is 2.14. The zero-order valence-electron chi connectivity index (χ0n) is 13.1. The zero-order valence-corrected chi connectivity index (χ0v) is 13.9. The van der Waals surface area contributed by atoms with Crippen LogP contribution in [-0.2, 0) is 6.54 Å². The van der Waals surface area contributed by atoms with Crippen molar-refractivity contribution >= 4 is 29.0 Å². The summed E-state index contributed by atoms with van der Waals surface area (Å²) in [6, 6.07) is 9.67. The lowest BCUT2D eigenvalue weighted by Gasteiger charge is -2.09. The van der Waals surface area contributed by atoms with Crippen molar-refractivity contribution < 1.29 is 4.79 Å². The van der Waals surface area contributed by atoms with Gasteiger partial charge in [-0.15, -0.1) is 0 Å². The van der Waals surface area contributed by atoms with Crippen LogP contribution in [0.15, 0.2) is 30.3 Å². The van der Waals surface area contributed by atoms with Crippen LogP contribution in [0, 0.1) is 4.77 Å². The van der Waals surface area contributed by atoms with Crippen LogP contribution in [0.25, 0.3) is 10.9 Å². The van der Waals surface area contributed by atoms with Crippen LogP contribution in [0.3, 0.4) is 0 Å². The van der Waals surface area contributed by atoms with E-state index in [9.17, 15) is 4.79 Å². The number of fused-ring (bicyclic) bond motifs is 1. The SMILES string of the molecule is CC(C)c1n[nH]c(=S)n1CCNC(=O)c1cc2ccccc2[nH]1. The molecule has 3 N–H and O–H groups in total. The molecule has 0 atom stereocenters. The zero-order chi connectivity index (χ0) is 16.4. The van der Waals surface area contributed by atoms with E-state index in [1.165, 1.54) is 0 Å². The molecule has 3 aromatic rings. The van der Waals surface area contributed by atoms with E-state index in [-0.39, 0.29) is 11.8 Å². The number of para-hydroxylation sites is 1. The number of aromatic nitrogens is 4. The average molecular weight is 329 g/mol. The van der Waals surface area contributed by atoms with Gasteiger partial charge in [-0.1, -0.05) is 32.0 Å². The van der Waals surface area contributed by atoms with Gasteiger partial charge in [0.2, 0.25) is 0 Å². The van der Waals surface area contributed by atoms with Crippen LogP contribution in [0.5, 0.6) is 0 Å². The fraction of sp³-hybridized carbons (Fsp3) is 0.312. The van der Waals surface area contributed by atoms with E-state index < -0.39 is 0 Å². The summed E-state index contributed by atoms with van der Waals surface area (Å²) in [5, 5.41) is 11.0. The highest BCUT2D eigenvalue weighted by molar-refractivity contribution is 7.71. The van der Waals surface area contributed by atoms with Gasteiger partial charge < -0.3 is 14.9 Å². The van der Waals surface area contributed by atoms with Crippen LogP contribution in [-0.4, -0.2) is 32.2 Å². The number of carbonyl (C=O) groups is 1. The largest absolute Gasteiger partial charge is 0.351 e. The number of amides is 1. The lowest BCUT2D eigenvalue weighted by Crippen LogP contribution is -2.28. The molecule has 0 saturated heterocycles. The van der Waals surface area contributed by atoms with Crippen molar-refractivity contribution in [1.29, 1.82) is 0 Å². The van der Waals surface area contributed by atoms with E-state index in [1.807, 2.05) is 34.9 Å². The van der Waals surface area contributed by atoms with Gasteiger partial charge in [0, 0.05) is 29.9 Å². The highest BCUT2D eigenvalue weighted by atomic mass is 32.1. The minimum atomic E-state index is -0.123.